The topological polar surface area (TPSA) is 128 Å². The quantitative estimate of drug-likeness (QED) is 0.480. The van der Waals surface area contributed by atoms with Gasteiger partial charge in [-0.1, -0.05) is 12.1 Å². The highest BCUT2D eigenvalue weighted by Crippen LogP contribution is 2.34. The number of anilines is 1. The summed E-state index contributed by atoms with van der Waals surface area (Å²) < 4.78 is 3.41. The number of carbonyl (C=O) groups is 2. The first kappa shape index (κ1) is 22.7. The highest BCUT2D eigenvalue weighted by molar-refractivity contribution is 6.02. The van der Waals surface area contributed by atoms with Gasteiger partial charge in [0, 0.05) is 31.7 Å². The second kappa shape index (κ2) is 9.31. The third-order valence-corrected chi connectivity index (χ3v) is 6.84. The van der Waals surface area contributed by atoms with E-state index in [0.29, 0.717) is 12.8 Å². The first-order chi connectivity index (χ1) is 17.0. The summed E-state index contributed by atoms with van der Waals surface area (Å²) in [6, 6.07) is 8.20. The molecule has 0 atom stereocenters. The van der Waals surface area contributed by atoms with Gasteiger partial charge in [0.15, 0.2) is 5.82 Å². The van der Waals surface area contributed by atoms with Gasteiger partial charge in [0.05, 0.1) is 5.69 Å². The Hall–Kier alpha value is -4.04. The number of primary amides is 1. The van der Waals surface area contributed by atoms with Crippen molar-refractivity contribution in [3.63, 3.8) is 0 Å². The molecule has 5 rings (SSSR count). The van der Waals surface area contributed by atoms with Crippen LogP contribution in [-0.4, -0.2) is 60.9 Å². The van der Waals surface area contributed by atoms with Crippen molar-refractivity contribution in [2.75, 3.05) is 25.0 Å². The van der Waals surface area contributed by atoms with Gasteiger partial charge in [-0.2, -0.15) is 10.2 Å². The van der Waals surface area contributed by atoms with Crippen LogP contribution >= 0.6 is 0 Å². The fourth-order valence-corrected chi connectivity index (χ4v) is 4.54. The number of aromatic nitrogens is 5. The van der Waals surface area contributed by atoms with E-state index >= 15 is 0 Å². The lowest BCUT2D eigenvalue weighted by Gasteiger charge is -2.38. The van der Waals surface area contributed by atoms with Crippen LogP contribution in [0.25, 0.3) is 10.5 Å². The third-order valence-electron chi connectivity index (χ3n) is 6.84. The fourth-order valence-electron chi connectivity index (χ4n) is 4.54. The molecule has 11 heteroatoms. The molecule has 0 bridgehead atoms. The van der Waals surface area contributed by atoms with E-state index < -0.39 is 11.4 Å². The van der Waals surface area contributed by atoms with Crippen LogP contribution in [0, 0.1) is 12.5 Å². The number of rotatable bonds is 8. The minimum atomic E-state index is -0.646. The van der Waals surface area contributed by atoms with Crippen LogP contribution in [0.3, 0.4) is 0 Å². The maximum absolute atomic E-state index is 12.3. The number of hydrogen-bond acceptors (Lipinski definition) is 6. The van der Waals surface area contributed by atoms with Gasteiger partial charge < -0.3 is 15.9 Å². The van der Waals surface area contributed by atoms with Crippen molar-refractivity contribution >= 4 is 17.6 Å². The Labute approximate surface area is 202 Å². The molecule has 1 aliphatic carbocycles. The second-order valence-electron chi connectivity index (χ2n) is 9.29. The molecule has 0 unspecified atom stereocenters. The normalized spacial score (nSPS) is 17.6. The van der Waals surface area contributed by atoms with Crippen molar-refractivity contribution in [3.8, 4) is 5.69 Å². The average molecular weight is 474 g/mol. The second-order valence-corrected chi connectivity index (χ2v) is 9.29. The SMILES string of the molecule is [C-]#[N+]CC1(n2cc(C(N)=O)c(NC(=O)C3CC3)n2)CCN(Cc2ccc(-n3cncn3)cc2)CC1. The standard InChI is InChI=1S/C24H27N9O2/c1-26-14-24(33-13-20(21(25)34)22(30-33)29-23(35)18-4-5-18)8-10-31(11-9-24)12-17-2-6-19(7-3-17)32-16-27-15-28-32/h2-3,6-7,13,15-16,18H,4-5,8-12,14H2,(H2,25,34)(H,29,30,35). The van der Waals surface area contributed by atoms with E-state index in [-0.39, 0.29) is 29.8 Å². The number of nitrogens with two attached hydrogens (primary N) is 1. The summed E-state index contributed by atoms with van der Waals surface area (Å²) in [5.74, 6) is -0.617. The average Bonchev–Trinajstić information content (AvgIpc) is 3.39. The van der Waals surface area contributed by atoms with E-state index in [0.717, 1.165) is 38.2 Å². The van der Waals surface area contributed by atoms with E-state index in [1.165, 1.54) is 11.9 Å². The fraction of sp³-hybridized carbons (Fsp3) is 0.417. The number of carbonyl (C=O) groups excluding carboxylic acids is 2. The molecule has 2 aromatic heterocycles. The number of benzene rings is 1. The lowest BCUT2D eigenvalue weighted by molar-refractivity contribution is -0.117. The van der Waals surface area contributed by atoms with Crippen LogP contribution in [-0.2, 0) is 16.9 Å². The van der Waals surface area contributed by atoms with E-state index in [1.54, 1.807) is 21.9 Å². The van der Waals surface area contributed by atoms with Crippen molar-refractivity contribution in [2.45, 2.75) is 37.8 Å². The van der Waals surface area contributed by atoms with Gasteiger partial charge in [-0.3, -0.25) is 19.2 Å². The summed E-state index contributed by atoms with van der Waals surface area (Å²) in [4.78, 5) is 34.3. The number of nitrogens with one attached hydrogen (secondary N) is 1. The molecule has 0 spiro atoms. The van der Waals surface area contributed by atoms with Gasteiger partial charge >= 0.3 is 0 Å². The molecule has 35 heavy (non-hydrogen) atoms. The van der Waals surface area contributed by atoms with Crippen LogP contribution in [0.1, 0.15) is 41.6 Å². The van der Waals surface area contributed by atoms with E-state index in [2.05, 4.69) is 42.4 Å². The predicted octanol–water partition coefficient (Wildman–Crippen LogP) is 1.82. The number of hydrogen-bond donors (Lipinski definition) is 2. The largest absolute Gasteiger partial charge is 0.365 e. The van der Waals surface area contributed by atoms with Crippen molar-refractivity contribution in [1.82, 2.24) is 29.4 Å². The molecular weight excluding hydrogens is 446 g/mol. The van der Waals surface area contributed by atoms with Crippen LogP contribution < -0.4 is 11.1 Å². The molecule has 1 saturated carbocycles. The summed E-state index contributed by atoms with van der Waals surface area (Å²) in [5.41, 5.74) is 7.34. The molecule has 11 nitrogen and oxygen atoms in total. The van der Waals surface area contributed by atoms with Gasteiger partial charge in [0.25, 0.3) is 5.91 Å². The zero-order chi connectivity index (χ0) is 24.4. The molecule has 180 valence electrons. The zero-order valence-electron chi connectivity index (χ0n) is 19.3. The minimum Gasteiger partial charge on any atom is -0.365 e. The zero-order valence-corrected chi connectivity index (χ0v) is 19.3. The van der Waals surface area contributed by atoms with E-state index in [1.807, 2.05) is 12.1 Å². The van der Waals surface area contributed by atoms with E-state index in [9.17, 15) is 9.59 Å². The van der Waals surface area contributed by atoms with Gasteiger partial charge in [-0.05, 0) is 43.4 Å². The highest BCUT2D eigenvalue weighted by atomic mass is 16.2. The number of nitrogens with zero attached hydrogens (tertiary/aromatic N) is 7. The number of piperidine rings is 1. The van der Waals surface area contributed by atoms with E-state index in [4.69, 9.17) is 12.3 Å². The molecule has 1 saturated heterocycles. The molecule has 1 aliphatic heterocycles. The molecule has 3 heterocycles. The van der Waals surface area contributed by atoms with Crippen molar-refractivity contribution in [1.29, 1.82) is 0 Å². The van der Waals surface area contributed by atoms with Gasteiger partial charge in [-0.25, -0.2) is 16.2 Å². The Kier molecular flexibility index (Phi) is 6.05. The first-order valence-electron chi connectivity index (χ1n) is 11.7. The third kappa shape index (κ3) is 4.79. The maximum atomic E-state index is 12.3. The lowest BCUT2D eigenvalue weighted by atomic mass is 9.87. The Balaban J connectivity index is 1.28. The van der Waals surface area contributed by atoms with Crippen LogP contribution in [0.2, 0.25) is 0 Å². The summed E-state index contributed by atoms with van der Waals surface area (Å²) in [5, 5.41) is 11.5. The number of likely N-dealkylation sites (tertiary alicyclic amines) is 1. The smallest absolute Gasteiger partial charge is 0.254 e. The van der Waals surface area contributed by atoms with Crippen molar-refractivity contribution in [2.24, 2.45) is 11.7 Å². The van der Waals surface area contributed by atoms with Crippen LogP contribution in [0.4, 0.5) is 5.82 Å². The minimum absolute atomic E-state index is 0.0217. The van der Waals surface area contributed by atoms with Crippen molar-refractivity contribution in [3.05, 3.63) is 65.7 Å². The highest BCUT2D eigenvalue weighted by Gasteiger charge is 2.41. The van der Waals surface area contributed by atoms with Crippen LogP contribution in [0.15, 0.2) is 43.1 Å². The summed E-state index contributed by atoms with van der Waals surface area (Å²) in [6.07, 6.45) is 7.85. The van der Waals surface area contributed by atoms with Gasteiger partial charge in [-0.15, -0.1) is 0 Å². The summed E-state index contributed by atoms with van der Waals surface area (Å²) in [7, 11) is 0. The number of amides is 2. The molecular formula is C24H27N9O2. The molecule has 3 aromatic rings. The van der Waals surface area contributed by atoms with Crippen molar-refractivity contribution < 1.29 is 9.59 Å². The molecule has 2 aliphatic rings. The Morgan fingerprint density at radius 2 is 1.94 bits per heavy atom. The Morgan fingerprint density at radius 1 is 1.20 bits per heavy atom. The first-order valence-corrected chi connectivity index (χ1v) is 11.7. The van der Waals surface area contributed by atoms with Gasteiger partial charge in [0.2, 0.25) is 12.5 Å². The molecule has 2 amide bonds. The molecule has 1 aromatic carbocycles. The van der Waals surface area contributed by atoms with Gasteiger partial charge in [0.1, 0.15) is 23.8 Å². The summed E-state index contributed by atoms with van der Waals surface area (Å²) in [6.45, 7) is 10.1. The Bertz CT molecular complexity index is 1250. The molecule has 0 radical (unpaired) electrons. The monoisotopic (exact) mass is 473 g/mol. The Morgan fingerprint density at radius 3 is 2.54 bits per heavy atom. The van der Waals surface area contributed by atoms with Crippen LogP contribution in [0.5, 0.6) is 0 Å². The predicted molar refractivity (Wildman–Crippen MR) is 127 cm³/mol. The maximum Gasteiger partial charge on any atom is 0.254 e. The molecule has 2 fully saturated rings. The molecule has 3 N–H and O–H groups in total. The summed E-state index contributed by atoms with van der Waals surface area (Å²) >= 11 is 0. The lowest BCUT2D eigenvalue weighted by Crippen LogP contribution is -2.48.